The number of hydrogen-bond acceptors (Lipinski definition) is 5. The largest absolute Gasteiger partial charge is 0.367 e. The molecule has 1 aliphatic rings. The van der Waals surface area contributed by atoms with Crippen LogP contribution in [0.4, 0.5) is 0 Å². The van der Waals surface area contributed by atoms with E-state index >= 15 is 0 Å². The number of rotatable bonds is 1. The lowest BCUT2D eigenvalue weighted by Crippen LogP contribution is -2.47. The van der Waals surface area contributed by atoms with Gasteiger partial charge in [0.1, 0.15) is 0 Å². The molecule has 0 saturated heterocycles. The summed E-state index contributed by atoms with van der Waals surface area (Å²) in [5.41, 5.74) is 6.81. The first kappa shape index (κ1) is 11.2. The monoisotopic (exact) mass is 257 g/mol. The molecule has 0 aromatic heterocycles. The number of nitrogens with two attached hydrogens (primary N) is 2. The van der Waals surface area contributed by atoms with Gasteiger partial charge in [0.05, 0.1) is 22.3 Å². The van der Waals surface area contributed by atoms with Gasteiger partial charge in [-0.15, -0.1) is 10.2 Å². The summed E-state index contributed by atoms with van der Waals surface area (Å²) in [6.07, 6.45) is 0. The van der Waals surface area contributed by atoms with E-state index in [1.807, 2.05) is 0 Å². The molecule has 4 N–H and O–H groups in total. The summed E-state index contributed by atoms with van der Waals surface area (Å²) in [6.45, 7) is 0.343. The van der Waals surface area contributed by atoms with Crippen molar-refractivity contribution in [1.82, 2.24) is 5.01 Å². The van der Waals surface area contributed by atoms with Crippen LogP contribution in [-0.4, -0.2) is 23.2 Å². The third-order valence-corrected chi connectivity index (χ3v) is 2.97. The fourth-order valence-electron chi connectivity index (χ4n) is 1.31. The molecule has 0 spiro atoms. The predicted molar refractivity (Wildman–Crippen MR) is 65.5 cm³/mol. The van der Waals surface area contributed by atoms with Gasteiger partial charge >= 0.3 is 0 Å². The van der Waals surface area contributed by atoms with Crippen LogP contribution in [0.3, 0.4) is 0 Å². The number of benzene rings is 1. The van der Waals surface area contributed by atoms with Crippen LogP contribution >= 0.6 is 23.2 Å². The van der Waals surface area contributed by atoms with E-state index in [9.17, 15) is 0 Å². The maximum atomic E-state index is 6.06. The molecule has 1 heterocycles. The summed E-state index contributed by atoms with van der Waals surface area (Å²) in [6, 6.07) is 5.29. The lowest BCUT2D eigenvalue weighted by molar-refractivity contribution is 0.486. The normalized spacial score (nSPS) is 15.8. The van der Waals surface area contributed by atoms with E-state index in [1.165, 1.54) is 5.01 Å². The minimum Gasteiger partial charge on any atom is -0.367 e. The molecule has 0 radical (unpaired) electrons. The topological polar surface area (TPSA) is 80.0 Å². The molecule has 7 heteroatoms. The zero-order valence-electron chi connectivity index (χ0n) is 8.19. The van der Waals surface area contributed by atoms with Crippen molar-refractivity contribution in [2.45, 2.75) is 0 Å². The molecule has 1 aliphatic heterocycles. The van der Waals surface area contributed by atoms with Gasteiger partial charge in [0, 0.05) is 5.56 Å². The van der Waals surface area contributed by atoms with E-state index in [4.69, 9.17) is 34.8 Å². The van der Waals surface area contributed by atoms with Crippen molar-refractivity contribution >= 4 is 34.9 Å². The summed E-state index contributed by atoms with van der Waals surface area (Å²) in [4.78, 5) is 0. The summed E-state index contributed by atoms with van der Waals surface area (Å²) < 4.78 is 0. The third kappa shape index (κ3) is 1.97. The number of halogens is 2. The summed E-state index contributed by atoms with van der Waals surface area (Å²) >= 11 is 12.0. The van der Waals surface area contributed by atoms with Gasteiger partial charge in [-0.2, -0.15) is 0 Å². The maximum Gasteiger partial charge on any atom is 0.231 e. The molecule has 16 heavy (non-hydrogen) atoms. The molecule has 0 atom stereocenters. The summed E-state index contributed by atoms with van der Waals surface area (Å²) in [5, 5.41) is 9.86. The minimum absolute atomic E-state index is 0.168. The fraction of sp³-hybridized carbons (Fsp3) is 0.111. The number of guanidine groups is 1. The van der Waals surface area contributed by atoms with E-state index in [2.05, 4.69) is 10.2 Å². The molecule has 0 amide bonds. The van der Waals surface area contributed by atoms with Gasteiger partial charge in [-0.1, -0.05) is 35.3 Å². The number of hydrogen-bond donors (Lipinski definition) is 2. The molecule has 0 aliphatic carbocycles. The SMILES string of the molecule is NC1=NN=C(c2cccc(Cl)c2Cl)CN1N. The molecule has 1 aromatic rings. The molecule has 5 nitrogen and oxygen atoms in total. The second kappa shape index (κ2) is 4.29. The highest BCUT2D eigenvalue weighted by atomic mass is 35.5. The minimum atomic E-state index is 0.168. The van der Waals surface area contributed by atoms with Crippen molar-refractivity contribution in [2.75, 3.05) is 6.54 Å². The molecule has 0 fully saturated rings. The molecule has 2 rings (SSSR count). The van der Waals surface area contributed by atoms with Crippen molar-refractivity contribution in [1.29, 1.82) is 0 Å². The van der Waals surface area contributed by atoms with E-state index < -0.39 is 0 Å². The first-order chi connectivity index (χ1) is 7.59. The van der Waals surface area contributed by atoms with Crippen molar-refractivity contribution in [3.05, 3.63) is 33.8 Å². The Morgan fingerprint density at radius 2 is 2.00 bits per heavy atom. The van der Waals surface area contributed by atoms with Gasteiger partial charge in [0.25, 0.3) is 0 Å². The first-order valence-electron chi connectivity index (χ1n) is 4.46. The van der Waals surface area contributed by atoms with Crippen LogP contribution in [0.5, 0.6) is 0 Å². The van der Waals surface area contributed by atoms with Gasteiger partial charge in [-0.05, 0) is 6.07 Å². The summed E-state index contributed by atoms with van der Waals surface area (Å²) in [5.74, 6) is 5.78. The van der Waals surface area contributed by atoms with Crippen LogP contribution in [0.1, 0.15) is 5.56 Å². The van der Waals surface area contributed by atoms with Gasteiger partial charge in [0.15, 0.2) is 0 Å². The number of hydrazine groups is 1. The zero-order chi connectivity index (χ0) is 11.7. The van der Waals surface area contributed by atoms with E-state index in [0.29, 0.717) is 27.9 Å². The molecule has 84 valence electrons. The molecule has 0 saturated carbocycles. The van der Waals surface area contributed by atoms with Crippen LogP contribution < -0.4 is 11.6 Å². The van der Waals surface area contributed by atoms with Gasteiger partial charge < -0.3 is 5.73 Å². The average Bonchev–Trinajstić information content (AvgIpc) is 2.26. The Morgan fingerprint density at radius 3 is 2.69 bits per heavy atom. The van der Waals surface area contributed by atoms with E-state index in [-0.39, 0.29) is 5.96 Å². The second-order valence-corrected chi connectivity index (χ2v) is 4.02. The van der Waals surface area contributed by atoms with Crippen molar-refractivity contribution < 1.29 is 0 Å². The molecular weight excluding hydrogens is 249 g/mol. The van der Waals surface area contributed by atoms with Crippen LogP contribution in [-0.2, 0) is 0 Å². The standard InChI is InChI=1S/C9H9Cl2N5/c10-6-3-1-2-5(8(6)11)7-4-16(13)9(12)15-14-7/h1-3H,4,13H2,(H2,12,15). The van der Waals surface area contributed by atoms with Crippen molar-refractivity contribution in [2.24, 2.45) is 21.8 Å². The Bertz CT molecular complexity index is 483. The molecule has 1 aromatic carbocycles. The lowest BCUT2D eigenvalue weighted by Gasteiger charge is -2.21. The van der Waals surface area contributed by atoms with Crippen LogP contribution in [0.2, 0.25) is 10.0 Å². The highest BCUT2D eigenvalue weighted by Crippen LogP contribution is 2.26. The van der Waals surface area contributed by atoms with Gasteiger partial charge in [0.2, 0.25) is 5.96 Å². The van der Waals surface area contributed by atoms with Crippen LogP contribution in [0, 0.1) is 0 Å². The van der Waals surface area contributed by atoms with E-state index in [1.54, 1.807) is 18.2 Å². The van der Waals surface area contributed by atoms with Crippen LogP contribution in [0.15, 0.2) is 28.4 Å². The number of nitrogens with zero attached hydrogens (tertiary/aromatic N) is 3. The van der Waals surface area contributed by atoms with Crippen molar-refractivity contribution in [3.63, 3.8) is 0 Å². The lowest BCUT2D eigenvalue weighted by atomic mass is 10.1. The average molecular weight is 258 g/mol. The highest BCUT2D eigenvalue weighted by Gasteiger charge is 2.17. The highest BCUT2D eigenvalue weighted by molar-refractivity contribution is 6.44. The second-order valence-electron chi connectivity index (χ2n) is 3.23. The fourth-order valence-corrected chi connectivity index (χ4v) is 1.72. The quantitative estimate of drug-likeness (QED) is 0.743. The van der Waals surface area contributed by atoms with Crippen molar-refractivity contribution in [3.8, 4) is 0 Å². The van der Waals surface area contributed by atoms with Gasteiger partial charge in [-0.3, -0.25) is 5.01 Å². The smallest absolute Gasteiger partial charge is 0.231 e. The van der Waals surface area contributed by atoms with Gasteiger partial charge in [-0.25, -0.2) is 5.84 Å². The Balaban J connectivity index is 2.43. The maximum absolute atomic E-state index is 6.06. The molecular formula is C9H9Cl2N5. The van der Waals surface area contributed by atoms with Crippen LogP contribution in [0.25, 0.3) is 0 Å². The third-order valence-electron chi connectivity index (χ3n) is 2.15. The molecule has 0 unspecified atom stereocenters. The Morgan fingerprint density at radius 1 is 1.25 bits per heavy atom. The predicted octanol–water partition coefficient (Wildman–Crippen LogP) is 1.20. The Labute approximate surface area is 102 Å². The van der Waals surface area contributed by atoms with E-state index in [0.717, 1.165) is 0 Å². The zero-order valence-corrected chi connectivity index (χ0v) is 9.70. The Kier molecular flexibility index (Phi) is 3.00. The summed E-state index contributed by atoms with van der Waals surface area (Å²) in [7, 11) is 0. The Hall–Kier alpha value is -1.30. The molecule has 0 bridgehead atoms. The first-order valence-corrected chi connectivity index (χ1v) is 5.22.